The van der Waals surface area contributed by atoms with E-state index in [2.05, 4.69) is 45.1 Å². The van der Waals surface area contributed by atoms with Crippen LogP contribution in [0.25, 0.3) is 11.0 Å². The summed E-state index contributed by atoms with van der Waals surface area (Å²) in [6, 6.07) is 22.5. The van der Waals surface area contributed by atoms with Gasteiger partial charge in [0, 0.05) is 56.6 Å². The Hall–Kier alpha value is -3.16. The first-order chi connectivity index (χ1) is 16.5. The third kappa shape index (κ3) is 5.16. The minimum atomic E-state index is 0.411. The molecule has 1 aliphatic heterocycles. The molecular formula is C27H30N4O2S. The van der Waals surface area contributed by atoms with Crippen molar-refractivity contribution in [1.29, 1.82) is 0 Å². The molecule has 5 rings (SSSR count). The quantitative estimate of drug-likeness (QED) is 0.378. The van der Waals surface area contributed by atoms with Crippen molar-refractivity contribution in [2.75, 3.05) is 31.4 Å². The average molecular weight is 475 g/mol. The molecule has 1 aliphatic rings. The second-order valence-electron chi connectivity index (χ2n) is 8.76. The van der Waals surface area contributed by atoms with Gasteiger partial charge >= 0.3 is 0 Å². The first-order valence-electron chi connectivity index (χ1n) is 11.5. The Morgan fingerprint density at radius 3 is 2.59 bits per heavy atom. The standard InChI is InChI=1S/C27H30N4O2S/c1-30(2)20-5-4-6-22(14-20)33-23-11-12-25-26(15-23)31(3)27(29-25)17-32-21-9-7-19(8-10-21)13-24-16-28-18-34-24/h4-12,14-15,24,28H,13,16-18H2,1-3H3. The van der Waals surface area contributed by atoms with Gasteiger partial charge in [0.15, 0.2) is 0 Å². The van der Waals surface area contributed by atoms with E-state index in [4.69, 9.17) is 14.5 Å². The number of ether oxygens (including phenoxy) is 2. The highest BCUT2D eigenvalue weighted by atomic mass is 32.2. The topological polar surface area (TPSA) is 51.6 Å². The van der Waals surface area contributed by atoms with Crippen molar-refractivity contribution in [3.05, 3.63) is 78.1 Å². The lowest BCUT2D eigenvalue weighted by Gasteiger charge is -2.14. The molecule has 0 saturated carbocycles. The molecule has 1 unspecified atom stereocenters. The number of aromatic nitrogens is 2. The van der Waals surface area contributed by atoms with E-state index >= 15 is 0 Å². The molecule has 1 fully saturated rings. The molecule has 1 atom stereocenters. The Kier molecular flexibility index (Phi) is 6.65. The molecule has 3 aromatic carbocycles. The van der Waals surface area contributed by atoms with Gasteiger partial charge in [-0.15, -0.1) is 11.8 Å². The van der Waals surface area contributed by atoms with Crippen LogP contribution < -0.4 is 19.7 Å². The van der Waals surface area contributed by atoms with E-state index in [0.29, 0.717) is 11.9 Å². The van der Waals surface area contributed by atoms with Crippen molar-refractivity contribution >= 4 is 28.5 Å². The first-order valence-corrected chi connectivity index (χ1v) is 12.5. The van der Waals surface area contributed by atoms with Gasteiger partial charge in [-0.25, -0.2) is 4.98 Å². The molecule has 1 aromatic heterocycles. The van der Waals surface area contributed by atoms with Crippen molar-refractivity contribution in [3.63, 3.8) is 0 Å². The number of imidazole rings is 1. The van der Waals surface area contributed by atoms with E-state index in [1.807, 2.05) is 69.3 Å². The van der Waals surface area contributed by atoms with Gasteiger partial charge in [-0.05, 0) is 48.4 Å². The lowest BCUT2D eigenvalue weighted by atomic mass is 10.1. The van der Waals surface area contributed by atoms with E-state index in [9.17, 15) is 0 Å². The minimum Gasteiger partial charge on any atom is -0.486 e. The summed E-state index contributed by atoms with van der Waals surface area (Å²) in [5.41, 5.74) is 4.38. The number of rotatable bonds is 8. The SMILES string of the molecule is CN(C)c1cccc(Oc2ccc3nc(COc4ccc(CC5CNCS5)cc4)n(C)c3c2)c1. The zero-order valence-corrected chi connectivity index (χ0v) is 20.6. The lowest BCUT2D eigenvalue weighted by Crippen LogP contribution is -2.14. The van der Waals surface area contributed by atoms with Crippen LogP contribution in [0.5, 0.6) is 17.2 Å². The number of anilines is 1. The molecule has 0 bridgehead atoms. The van der Waals surface area contributed by atoms with Gasteiger partial charge in [-0.3, -0.25) is 0 Å². The predicted molar refractivity (Wildman–Crippen MR) is 140 cm³/mol. The minimum absolute atomic E-state index is 0.411. The van der Waals surface area contributed by atoms with E-state index in [0.717, 1.165) is 58.6 Å². The molecular weight excluding hydrogens is 444 g/mol. The highest BCUT2D eigenvalue weighted by Gasteiger charge is 2.15. The number of hydrogen-bond acceptors (Lipinski definition) is 6. The second-order valence-corrected chi connectivity index (χ2v) is 10.0. The summed E-state index contributed by atoms with van der Waals surface area (Å²) in [7, 11) is 6.05. The van der Waals surface area contributed by atoms with Crippen LogP contribution >= 0.6 is 11.8 Å². The Morgan fingerprint density at radius 1 is 1.03 bits per heavy atom. The van der Waals surface area contributed by atoms with E-state index in [1.54, 1.807) is 0 Å². The van der Waals surface area contributed by atoms with Gasteiger partial charge in [0.25, 0.3) is 0 Å². The van der Waals surface area contributed by atoms with Gasteiger partial charge in [0.2, 0.25) is 0 Å². The van der Waals surface area contributed by atoms with E-state index in [1.165, 1.54) is 5.56 Å². The molecule has 0 radical (unpaired) electrons. The highest BCUT2D eigenvalue weighted by Crippen LogP contribution is 2.28. The van der Waals surface area contributed by atoms with Crippen LogP contribution in [0, 0.1) is 0 Å². The fraction of sp³-hybridized carbons (Fsp3) is 0.296. The van der Waals surface area contributed by atoms with Gasteiger partial charge in [0.1, 0.15) is 29.7 Å². The molecule has 176 valence electrons. The maximum absolute atomic E-state index is 6.13. The summed E-state index contributed by atoms with van der Waals surface area (Å²) in [6.07, 6.45) is 1.09. The van der Waals surface area contributed by atoms with Crippen LogP contribution in [0.3, 0.4) is 0 Å². The summed E-state index contributed by atoms with van der Waals surface area (Å²) in [5, 5.41) is 4.06. The third-order valence-electron chi connectivity index (χ3n) is 6.06. The number of nitrogens with one attached hydrogen (secondary N) is 1. The zero-order valence-electron chi connectivity index (χ0n) is 19.8. The fourth-order valence-corrected chi connectivity index (χ4v) is 5.11. The number of nitrogens with zero attached hydrogens (tertiary/aromatic N) is 3. The summed E-state index contributed by atoms with van der Waals surface area (Å²) >= 11 is 1.99. The molecule has 0 aliphatic carbocycles. The van der Waals surface area contributed by atoms with Crippen molar-refractivity contribution in [3.8, 4) is 17.2 Å². The molecule has 2 heterocycles. The van der Waals surface area contributed by atoms with Gasteiger partial charge < -0.3 is 24.3 Å². The smallest absolute Gasteiger partial charge is 0.147 e. The Labute approximate surface area is 204 Å². The van der Waals surface area contributed by atoms with Crippen LogP contribution in [-0.4, -0.2) is 41.3 Å². The zero-order chi connectivity index (χ0) is 23.5. The monoisotopic (exact) mass is 474 g/mol. The van der Waals surface area contributed by atoms with Crippen LogP contribution in [0.2, 0.25) is 0 Å². The Bertz CT molecular complexity index is 1260. The van der Waals surface area contributed by atoms with Crippen LogP contribution in [-0.2, 0) is 20.1 Å². The van der Waals surface area contributed by atoms with Crippen molar-refractivity contribution in [1.82, 2.24) is 14.9 Å². The molecule has 4 aromatic rings. The maximum atomic E-state index is 6.13. The van der Waals surface area contributed by atoms with E-state index < -0.39 is 0 Å². The lowest BCUT2D eigenvalue weighted by molar-refractivity contribution is 0.292. The molecule has 7 heteroatoms. The number of aryl methyl sites for hydroxylation is 1. The number of benzene rings is 3. The summed E-state index contributed by atoms with van der Waals surface area (Å²) < 4.78 is 14.2. The summed E-state index contributed by atoms with van der Waals surface area (Å²) in [6.45, 7) is 1.50. The number of thioether (sulfide) groups is 1. The third-order valence-corrected chi connectivity index (χ3v) is 7.24. The predicted octanol–water partition coefficient (Wildman–Crippen LogP) is 5.22. The van der Waals surface area contributed by atoms with E-state index in [-0.39, 0.29) is 0 Å². The molecule has 0 amide bonds. The maximum Gasteiger partial charge on any atom is 0.147 e. The summed E-state index contributed by atoms with van der Waals surface area (Å²) in [5.74, 6) is 4.38. The number of fused-ring (bicyclic) bond motifs is 1. The van der Waals surface area contributed by atoms with Crippen molar-refractivity contribution in [2.24, 2.45) is 7.05 Å². The highest BCUT2D eigenvalue weighted by molar-refractivity contribution is 8.00. The molecule has 0 spiro atoms. The van der Waals surface area contributed by atoms with Crippen LogP contribution in [0.4, 0.5) is 5.69 Å². The largest absolute Gasteiger partial charge is 0.486 e. The molecule has 1 saturated heterocycles. The van der Waals surface area contributed by atoms with Gasteiger partial charge in [-0.2, -0.15) is 0 Å². The summed E-state index contributed by atoms with van der Waals surface area (Å²) in [4.78, 5) is 6.82. The van der Waals surface area contributed by atoms with Crippen LogP contribution in [0.1, 0.15) is 11.4 Å². The Balaban J connectivity index is 1.25. The van der Waals surface area contributed by atoms with Crippen LogP contribution in [0.15, 0.2) is 66.7 Å². The number of hydrogen-bond donors (Lipinski definition) is 1. The normalized spacial score (nSPS) is 15.6. The first kappa shape index (κ1) is 22.6. The van der Waals surface area contributed by atoms with Crippen molar-refractivity contribution in [2.45, 2.75) is 18.3 Å². The van der Waals surface area contributed by atoms with Gasteiger partial charge in [-0.1, -0.05) is 18.2 Å². The van der Waals surface area contributed by atoms with Gasteiger partial charge in [0.05, 0.1) is 11.0 Å². The Morgan fingerprint density at radius 2 is 1.82 bits per heavy atom. The average Bonchev–Trinajstić information content (AvgIpc) is 3.47. The molecule has 34 heavy (non-hydrogen) atoms. The molecule has 6 nitrogen and oxygen atoms in total. The molecule has 1 N–H and O–H groups in total. The fourth-order valence-electron chi connectivity index (χ4n) is 4.09. The van der Waals surface area contributed by atoms with Crippen molar-refractivity contribution < 1.29 is 9.47 Å². The second kappa shape index (κ2) is 9.99.